The van der Waals surface area contributed by atoms with Crippen LogP contribution in [0.15, 0.2) is 29.0 Å². The van der Waals surface area contributed by atoms with E-state index in [1.54, 1.807) is 18.4 Å². The van der Waals surface area contributed by atoms with Crippen LogP contribution in [0.2, 0.25) is 0 Å². The Labute approximate surface area is 116 Å². The molecule has 0 atom stereocenters. The number of nitrogens with zero attached hydrogens (tertiary/aromatic N) is 2. The maximum Gasteiger partial charge on any atom is 0.272 e. The van der Waals surface area contributed by atoms with Crippen LogP contribution in [0, 0.1) is 0 Å². The van der Waals surface area contributed by atoms with Crippen LogP contribution in [0.3, 0.4) is 0 Å². The number of carbonyl (C=O) groups excluding carboxylic acids is 1. The van der Waals surface area contributed by atoms with Crippen LogP contribution in [0.4, 0.5) is 5.69 Å². The second-order valence-electron chi connectivity index (χ2n) is 4.55. The number of hydrogen-bond donors (Lipinski definition) is 3. The van der Waals surface area contributed by atoms with Crippen LogP contribution in [0.1, 0.15) is 41.8 Å². The van der Waals surface area contributed by atoms with Crippen LogP contribution in [-0.4, -0.2) is 15.9 Å². The Kier molecular flexibility index (Phi) is 4.31. The summed E-state index contributed by atoms with van der Waals surface area (Å²) in [6.45, 7) is 4.20. The van der Waals surface area contributed by atoms with Gasteiger partial charge in [-0.2, -0.15) is 0 Å². The maximum atomic E-state index is 12.2. The van der Waals surface area contributed by atoms with Gasteiger partial charge in [-0.3, -0.25) is 10.6 Å². The Morgan fingerprint density at radius 1 is 1.50 bits per heavy atom. The van der Waals surface area contributed by atoms with E-state index >= 15 is 0 Å². The highest BCUT2D eigenvalue weighted by atomic mass is 16.3. The molecule has 0 fully saturated rings. The summed E-state index contributed by atoms with van der Waals surface area (Å²) in [7, 11) is 0. The molecule has 0 aliphatic carbocycles. The number of aromatic nitrogens is 2. The van der Waals surface area contributed by atoms with Crippen molar-refractivity contribution in [3.63, 3.8) is 0 Å². The van der Waals surface area contributed by atoms with Gasteiger partial charge in [-0.05, 0) is 12.1 Å². The average molecular weight is 275 g/mol. The first-order chi connectivity index (χ1) is 9.61. The number of nitrogens with two attached hydrogens (primary N) is 1. The summed E-state index contributed by atoms with van der Waals surface area (Å²) >= 11 is 0. The monoisotopic (exact) mass is 275 g/mol. The third-order valence-corrected chi connectivity index (χ3v) is 2.70. The molecule has 0 spiro atoms. The average Bonchev–Trinajstić information content (AvgIpc) is 2.97. The molecule has 0 aliphatic rings. The van der Waals surface area contributed by atoms with E-state index in [1.165, 1.54) is 6.20 Å². The molecule has 0 aromatic carbocycles. The van der Waals surface area contributed by atoms with Crippen LogP contribution >= 0.6 is 0 Å². The molecule has 20 heavy (non-hydrogen) atoms. The molecule has 2 aromatic rings. The predicted molar refractivity (Wildman–Crippen MR) is 73.8 cm³/mol. The van der Waals surface area contributed by atoms with Gasteiger partial charge in [0, 0.05) is 5.92 Å². The van der Waals surface area contributed by atoms with Gasteiger partial charge in [0.15, 0.2) is 5.69 Å². The summed E-state index contributed by atoms with van der Waals surface area (Å²) in [5, 5.41) is 2.72. The minimum absolute atomic E-state index is 0.124. The molecule has 0 unspecified atom stereocenters. The van der Waals surface area contributed by atoms with Gasteiger partial charge in [0.2, 0.25) is 0 Å². The fourth-order valence-electron chi connectivity index (χ4n) is 1.62. The summed E-state index contributed by atoms with van der Waals surface area (Å²) < 4.78 is 5.15. The highest BCUT2D eigenvalue weighted by molar-refractivity contribution is 5.97. The zero-order valence-corrected chi connectivity index (χ0v) is 11.4. The quantitative estimate of drug-likeness (QED) is 0.562. The molecule has 7 nitrogen and oxygen atoms in total. The lowest BCUT2D eigenvalue weighted by molar-refractivity contribution is 0.0943. The third-order valence-electron chi connectivity index (χ3n) is 2.70. The number of nitrogen functional groups attached to an aromatic ring is 1. The molecule has 2 rings (SSSR count). The van der Waals surface area contributed by atoms with Crippen molar-refractivity contribution in [3.8, 4) is 0 Å². The van der Waals surface area contributed by atoms with Gasteiger partial charge in [0.25, 0.3) is 5.91 Å². The summed E-state index contributed by atoms with van der Waals surface area (Å²) in [6.07, 6.45) is 3.06. The molecule has 0 saturated carbocycles. The van der Waals surface area contributed by atoms with Gasteiger partial charge in [0.05, 0.1) is 24.7 Å². The molecule has 0 bridgehead atoms. The highest BCUT2D eigenvalue weighted by Gasteiger charge is 2.16. The Morgan fingerprint density at radius 3 is 2.90 bits per heavy atom. The van der Waals surface area contributed by atoms with Gasteiger partial charge in [-0.25, -0.2) is 9.97 Å². The Morgan fingerprint density at radius 2 is 2.30 bits per heavy atom. The van der Waals surface area contributed by atoms with E-state index in [0.717, 1.165) is 0 Å². The minimum atomic E-state index is -0.335. The molecule has 1 amide bonds. The Balaban J connectivity index is 2.16. The van der Waals surface area contributed by atoms with E-state index in [4.69, 9.17) is 10.3 Å². The van der Waals surface area contributed by atoms with Crippen LogP contribution < -0.4 is 16.6 Å². The van der Waals surface area contributed by atoms with Crippen molar-refractivity contribution in [2.75, 3.05) is 5.43 Å². The van der Waals surface area contributed by atoms with Crippen molar-refractivity contribution in [2.24, 2.45) is 5.84 Å². The molecular formula is C13H17N5O2. The Hall–Kier alpha value is -2.41. The fourth-order valence-corrected chi connectivity index (χ4v) is 1.62. The lowest BCUT2D eigenvalue weighted by atomic mass is 10.2. The number of carbonyl (C=O) groups is 1. The molecule has 4 N–H and O–H groups in total. The van der Waals surface area contributed by atoms with Gasteiger partial charge < -0.3 is 15.2 Å². The van der Waals surface area contributed by atoms with E-state index < -0.39 is 0 Å². The predicted octanol–water partition coefficient (Wildman–Crippen LogP) is 1.41. The second-order valence-corrected chi connectivity index (χ2v) is 4.55. The smallest absolute Gasteiger partial charge is 0.272 e. The van der Waals surface area contributed by atoms with Crippen molar-refractivity contribution < 1.29 is 9.21 Å². The van der Waals surface area contributed by atoms with Crippen molar-refractivity contribution >= 4 is 11.6 Å². The third kappa shape index (κ3) is 3.12. The lowest BCUT2D eigenvalue weighted by Crippen LogP contribution is -2.26. The summed E-state index contributed by atoms with van der Waals surface area (Å²) in [5.41, 5.74) is 3.03. The van der Waals surface area contributed by atoms with Crippen LogP contribution in [0.5, 0.6) is 0 Å². The van der Waals surface area contributed by atoms with Crippen molar-refractivity contribution in [1.82, 2.24) is 15.3 Å². The number of hydrogen-bond acceptors (Lipinski definition) is 6. The number of furan rings is 1. The minimum Gasteiger partial charge on any atom is -0.467 e. The summed E-state index contributed by atoms with van der Waals surface area (Å²) in [4.78, 5) is 20.6. The maximum absolute atomic E-state index is 12.2. The van der Waals surface area contributed by atoms with Gasteiger partial charge in [0.1, 0.15) is 11.6 Å². The number of amides is 1. The standard InChI is InChI=1S/C13H17N5O2/c1-8(2)12-15-7-10(18-14)11(17-12)13(19)16-6-9-4-3-5-20-9/h3-5,7-8,18H,6,14H2,1-2H3,(H,16,19). The van der Waals surface area contributed by atoms with Crippen LogP contribution in [0.25, 0.3) is 0 Å². The SMILES string of the molecule is CC(C)c1ncc(NN)c(C(=O)NCc2ccco2)n1. The first-order valence-electron chi connectivity index (χ1n) is 6.26. The first kappa shape index (κ1) is 14.0. The van der Waals surface area contributed by atoms with Gasteiger partial charge in [-0.15, -0.1) is 0 Å². The van der Waals surface area contributed by atoms with Gasteiger partial charge in [-0.1, -0.05) is 13.8 Å². The molecule has 106 valence electrons. The summed E-state index contributed by atoms with van der Waals surface area (Å²) in [5.74, 6) is 6.42. The molecule has 7 heteroatoms. The lowest BCUT2D eigenvalue weighted by Gasteiger charge is -2.11. The topological polar surface area (TPSA) is 106 Å². The second kappa shape index (κ2) is 6.16. The van der Waals surface area contributed by atoms with Gasteiger partial charge >= 0.3 is 0 Å². The first-order valence-corrected chi connectivity index (χ1v) is 6.26. The normalized spacial score (nSPS) is 10.6. The van der Waals surface area contributed by atoms with E-state index in [2.05, 4.69) is 20.7 Å². The molecule has 0 saturated heterocycles. The van der Waals surface area contributed by atoms with E-state index in [9.17, 15) is 4.79 Å². The van der Waals surface area contributed by atoms with Crippen molar-refractivity contribution in [3.05, 3.63) is 41.9 Å². The fraction of sp³-hybridized carbons (Fsp3) is 0.308. The summed E-state index contributed by atoms with van der Waals surface area (Å²) in [6, 6.07) is 3.54. The zero-order valence-electron chi connectivity index (χ0n) is 11.4. The largest absolute Gasteiger partial charge is 0.467 e. The van der Waals surface area contributed by atoms with E-state index in [0.29, 0.717) is 17.3 Å². The molecule has 0 aliphatic heterocycles. The molecule has 2 heterocycles. The number of hydrazine groups is 1. The zero-order chi connectivity index (χ0) is 14.5. The number of rotatable bonds is 5. The van der Waals surface area contributed by atoms with Crippen LogP contribution in [-0.2, 0) is 6.54 Å². The highest BCUT2D eigenvalue weighted by Crippen LogP contribution is 2.15. The molecule has 0 radical (unpaired) electrons. The molecular weight excluding hydrogens is 258 g/mol. The Bertz CT molecular complexity index is 580. The van der Waals surface area contributed by atoms with Crippen molar-refractivity contribution in [2.45, 2.75) is 26.3 Å². The van der Waals surface area contributed by atoms with E-state index in [-0.39, 0.29) is 24.1 Å². The molecule has 2 aromatic heterocycles. The van der Waals surface area contributed by atoms with E-state index in [1.807, 2.05) is 13.8 Å². The number of anilines is 1. The number of nitrogens with one attached hydrogen (secondary N) is 2. The van der Waals surface area contributed by atoms with Crippen molar-refractivity contribution in [1.29, 1.82) is 0 Å².